The first-order chi connectivity index (χ1) is 16.7. The zero-order valence-corrected chi connectivity index (χ0v) is 23.0. The van der Waals surface area contributed by atoms with Crippen molar-refractivity contribution in [1.82, 2.24) is 10.3 Å². The second-order valence-corrected chi connectivity index (χ2v) is 12.5. The van der Waals surface area contributed by atoms with Gasteiger partial charge >= 0.3 is 0 Å². The molecule has 0 saturated carbocycles. The minimum atomic E-state index is 0.242. The van der Waals surface area contributed by atoms with Crippen LogP contribution in [0, 0.1) is 10.8 Å². The molecule has 0 spiro atoms. The molecule has 35 heavy (non-hydrogen) atoms. The second-order valence-electron chi connectivity index (χ2n) is 12.5. The summed E-state index contributed by atoms with van der Waals surface area (Å²) in [4.78, 5) is 7.62. The fraction of sp³-hybridized carbons (Fsp3) is 0.710. The molecule has 0 radical (unpaired) electrons. The summed E-state index contributed by atoms with van der Waals surface area (Å²) in [5.74, 6) is 1.12. The Morgan fingerprint density at radius 3 is 2.51 bits per heavy atom. The predicted octanol–water partition coefficient (Wildman–Crippen LogP) is 6.90. The second kappa shape index (κ2) is 11.2. The van der Waals surface area contributed by atoms with Gasteiger partial charge in [-0.2, -0.15) is 0 Å². The van der Waals surface area contributed by atoms with Crippen LogP contribution in [0.2, 0.25) is 0 Å². The molecule has 0 aromatic carbocycles. The van der Waals surface area contributed by atoms with Crippen LogP contribution in [0.4, 0.5) is 5.82 Å². The van der Waals surface area contributed by atoms with Gasteiger partial charge in [-0.25, -0.2) is 4.98 Å². The summed E-state index contributed by atoms with van der Waals surface area (Å²) >= 11 is 0. The normalized spacial score (nSPS) is 23.1. The van der Waals surface area contributed by atoms with Gasteiger partial charge in [0, 0.05) is 25.2 Å². The monoisotopic (exact) mass is 479 g/mol. The Labute approximate surface area is 214 Å². The highest BCUT2D eigenvalue weighted by Crippen LogP contribution is 2.53. The number of nitrogens with one attached hydrogen (secondary N) is 1. The minimum absolute atomic E-state index is 0.242. The lowest BCUT2D eigenvalue weighted by Crippen LogP contribution is -2.47. The Morgan fingerprint density at radius 2 is 1.80 bits per heavy atom. The number of nitrogens with zero attached hydrogens (tertiary/aromatic N) is 2. The van der Waals surface area contributed by atoms with E-state index in [-0.39, 0.29) is 18.1 Å². The largest absolute Gasteiger partial charge is 0.395 e. The Hall–Kier alpha value is -1.65. The van der Waals surface area contributed by atoms with Crippen LogP contribution in [0.1, 0.15) is 105 Å². The topological polar surface area (TPSA) is 48.4 Å². The van der Waals surface area contributed by atoms with Crippen LogP contribution in [0.25, 0.3) is 5.57 Å². The smallest absolute Gasteiger partial charge is 0.129 e. The van der Waals surface area contributed by atoms with Crippen LogP contribution < -0.4 is 10.2 Å². The molecular formula is C31H49N3O. The van der Waals surface area contributed by atoms with Crippen molar-refractivity contribution in [3.8, 4) is 0 Å². The van der Waals surface area contributed by atoms with Gasteiger partial charge in [0.25, 0.3) is 0 Å². The number of aromatic nitrogens is 1. The molecule has 4 rings (SSSR count). The van der Waals surface area contributed by atoms with E-state index in [4.69, 9.17) is 4.98 Å². The van der Waals surface area contributed by atoms with Gasteiger partial charge in [-0.3, -0.25) is 0 Å². The standard InChI is InChI=1S/C31H49N3O/c1-6-7-8-10-25(22-35)32-24-15-19-34(20-16-24)29-12-9-11-28(33-29)23-13-14-26-27(21-23)31(4,5)18-17-30(26,2)3/h9,11-12,21,24-25,32,35H,6-8,10,13-20,22H2,1-5H3. The van der Waals surface area contributed by atoms with Gasteiger partial charge in [-0.15, -0.1) is 0 Å². The van der Waals surface area contributed by atoms with Crippen LogP contribution in [0.5, 0.6) is 0 Å². The summed E-state index contributed by atoms with van der Waals surface area (Å²) < 4.78 is 0. The average Bonchev–Trinajstić information content (AvgIpc) is 2.86. The van der Waals surface area contributed by atoms with Crippen LogP contribution in [0.3, 0.4) is 0 Å². The molecule has 1 aromatic heterocycles. The highest BCUT2D eigenvalue weighted by Gasteiger charge is 2.39. The van der Waals surface area contributed by atoms with Crippen molar-refractivity contribution in [2.45, 2.75) is 111 Å². The number of aliphatic hydroxyl groups is 1. The SMILES string of the molecule is CCCCCC(CO)NC1CCN(c2cccc(C3=CC4=C(CC3)C(C)(C)CCC4(C)C)n2)CC1. The van der Waals surface area contributed by atoms with E-state index in [1.807, 2.05) is 0 Å². The van der Waals surface area contributed by atoms with Gasteiger partial charge in [0.2, 0.25) is 0 Å². The number of aliphatic hydroxyl groups excluding tert-OH is 1. The summed E-state index contributed by atoms with van der Waals surface area (Å²) in [7, 11) is 0. The Morgan fingerprint density at radius 1 is 1.06 bits per heavy atom. The molecule has 1 aromatic rings. The molecule has 2 aliphatic carbocycles. The fourth-order valence-corrected chi connectivity index (χ4v) is 6.40. The van der Waals surface area contributed by atoms with Crippen LogP contribution >= 0.6 is 0 Å². The van der Waals surface area contributed by atoms with E-state index in [1.54, 1.807) is 11.1 Å². The first kappa shape index (κ1) is 26.4. The van der Waals surface area contributed by atoms with Crippen molar-refractivity contribution in [1.29, 1.82) is 0 Å². The van der Waals surface area contributed by atoms with E-state index in [0.717, 1.165) is 50.3 Å². The number of pyridine rings is 1. The zero-order valence-electron chi connectivity index (χ0n) is 23.0. The van der Waals surface area contributed by atoms with Gasteiger partial charge in [0.15, 0.2) is 0 Å². The molecule has 1 saturated heterocycles. The summed E-state index contributed by atoms with van der Waals surface area (Å²) in [6, 6.07) is 7.32. The molecule has 0 amide bonds. The fourth-order valence-electron chi connectivity index (χ4n) is 6.40. The lowest BCUT2D eigenvalue weighted by molar-refractivity contribution is 0.214. The minimum Gasteiger partial charge on any atom is -0.395 e. The quantitative estimate of drug-likeness (QED) is 0.378. The maximum absolute atomic E-state index is 9.78. The van der Waals surface area contributed by atoms with Crippen molar-refractivity contribution < 1.29 is 5.11 Å². The number of rotatable bonds is 9. The number of allylic oxidation sites excluding steroid dienone is 4. The number of hydrogen-bond donors (Lipinski definition) is 2. The summed E-state index contributed by atoms with van der Waals surface area (Å²) in [6.45, 7) is 14.2. The van der Waals surface area contributed by atoms with Gasteiger partial charge in [-0.1, -0.05) is 71.6 Å². The lowest BCUT2D eigenvalue weighted by atomic mass is 9.60. The van der Waals surface area contributed by atoms with Gasteiger partial charge in [0.1, 0.15) is 5.82 Å². The number of piperidine rings is 1. The first-order valence-corrected chi connectivity index (χ1v) is 14.3. The van der Waals surface area contributed by atoms with Gasteiger partial charge in [-0.05, 0) is 79.1 Å². The number of hydrogen-bond acceptors (Lipinski definition) is 4. The lowest BCUT2D eigenvalue weighted by Gasteiger charge is -2.45. The Balaban J connectivity index is 1.42. The van der Waals surface area contributed by atoms with Gasteiger partial charge in [0.05, 0.1) is 12.3 Å². The molecular weight excluding hydrogens is 430 g/mol. The summed E-state index contributed by atoms with van der Waals surface area (Å²) in [5.41, 5.74) is 6.40. The van der Waals surface area contributed by atoms with Crippen LogP contribution in [0.15, 0.2) is 35.4 Å². The summed E-state index contributed by atoms with van der Waals surface area (Å²) in [6.07, 6.45) is 14.3. The van der Waals surface area contributed by atoms with E-state index in [1.165, 1.54) is 44.1 Å². The molecule has 4 heteroatoms. The molecule has 3 aliphatic rings. The van der Waals surface area contributed by atoms with Crippen LogP contribution in [-0.4, -0.2) is 41.9 Å². The van der Waals surface area contributed by atoms with E-state index in [0.29, 0.717) is 11.5 Å². The third-order valence-corrected chi connectivity index (χ3v) is 8.94. The molecule has 1 aliphatic heterocycles. The highest BCUT2D eigenvalue weighted by atomic mass is 16.3. The summed E-state index contributed by atoms with van der Waals surface area (Å²) in [5, 5.41) is 13.5. The predicted molar refractivity (Wildman–Crippen MR) is 149 cm³/mol. The first-order valence-electron chi connectivity index (χ1n) is 14.3. The number of unbranched alkanes of at least 4 members (excludes halogenated alkanes) is 2. The molecule has 1 unspecified atom stereocenters. The Kier molecular flexibility index (Phi) is 8.43. The number of anilines is 1. The molecule has 2 heterocycles. The van der Waals surface area contributed by atoms with Crippen molar-refractivity contribution >= 4 is 11.4 Å². The van der Waals surface area contributed by atoms with Crippen molar-refractivity contribution in [3.63, 3.8) is 0 Å². The third-order valence-electron chi connectivity index (χ3n) is 8.94. The third kappa shape index (κ3) is 6.20. The Bertz CT molecular complexity index is 921. The molecule has 4 nitrogen and oxygen atoms in total. The molecule has 194 valence electrons. The molecule has 1 atom stereocenters. The molecule has 0 bridgehead atoms. The average molecular weight is 480 g/mol. The molecule has 2 N–H and O–H groups in total. The van der Waals surface area contributed by atoms with Crippen molar-refractivity contribution in [3.05, 3.63) is 41.1 Å². The van der Waals surface area contributed by atoms with E-state index in [2.05, 4.69) is 69.1 Å². The molecule has 1 fully saturated rings. The van der Waals surface area contributed by atoms with Gasteiger partial charge < -0.3 is 15.3 Å². The van der Waals surface area contributed by atoms with E-state index >= 15 is 0 Å². The zero-order chi connectivity index (χ0) is 25.1. The van der Waals surface area contributed by atoms with E-state index in [9.17, 15) is 5.11 Å². The van der Waals surface area contributed by atoms with Crippen molar-refractivity contribution in [2.75, 3.05) is 24.6 Å². The maximum Gasteiger partial charge on any atom is 0.129 e. The highest BCUT2D eigenvalue weighted by molar-refractivity contribution is 5.70. The maximum atomic E-state index is 9.78. The van der Waals surface area contributed by atoms with E-state index < -0.39 is 0 Å². The van der Waals surface area contributed by atoms with Crippen molar-refractivity contribution in [2.24, 2.45) is 10.8 Å². The van der Waals surface area contributed by atoms with Crippen LogP contribution in [-0.2, 0) is 0 Å².